The largest absolute Gasteiger partial charge is 0.495 e. The molecular formula is C29H28NO4+. The van der Waals surface area contributed by atoms with Crippen LogP contribution in [0, 0.1) is 0 Å². The summed E-state index contributed by atoms with van der Waals surface area (Å²) in [5.74, 6) is 2.11. The molecule has 0 saturated carbocycles. The highest BCUT2D eigenvalue weighted by atomic mass is 16.5. The third-order valence-electron chi connectivity index (χ3n) is 6.55. The Morgan fingerprint density at radius 3 is 2.03 bits per heavy atom. The van der Waals surface area contributed by atoms with Crippen LogP contribution >= 0.6 is 0 Å². The number of aromatic nitrogens is 1. The fourth-order valence-corrected chi connectivity index (χ4v) is 4.98. The molecule has 0 amide bonds. The number of rotatable bonds is 6. The van der Waals surface area contributed by atoms with Crippen molar-refractivity contribution in [2.75, 3.05) is 21.3 Å². The molecule has 0 radical (unpaired) electrons. The molecule has 0 saturated heterocycles. The number of fused-ring (bicyclic) bond motifs is 5. The third kappa shape index (κ3) is 3.49. The second kappa shape index (κ2) is 8.84. The summed E-state index contributed by atoms with van der Waals surface area (Å²) in [4.78, 5) is 0. The monoisotopic (exact) mass is 454 g/mol. The molecule has 0 spiro atoms. The number of ether oxygens (including phenoxy) is 3. The smallest absolute Gasteiger partial charge is 0.220 e. The van der Waals surface area contributed by atoms with Gasteiger partial charge >= 0.3 is 0 Å². The Hall–Kier alpha value is -3.83. The van der Waals surface area contributed by atoms with E-state index in [1.807, 2.05) is 19.2 Å². The molecule has 1 heterocycles. The van der Waals surface area contributed by atoms with Crippen LogP contribution in [0.2, 0.25) is 0 Å². The quantitative estimate of drug-likeness (QED) is 0.287. The number of hydrogen-bond acceptors (Lipinski definition) is 4. The first-order valence-corrected chi connectivity index (χ1v) is 11.2. The predicted molar refractivity (Wildman–Crippen MR) is 135 cm³/mol. The highest BCUT2D eigenvalue weighted by Gasteiger charge is 2.22. The van der Waals surface area contributed by atoms with E-state index in [1.165, 1.54) is 11.1 Å². The lowest BCUT2D eigenvalue weighted by molar-refractivity contribution is -0.642. The van der Waals surface area contributed by atoms with Gasteiger partial charge in [0, 0.05) is 10.9 Å². The molecule has 0 aliphatic heterocycles. The molecule has 1 N–H and O–H groups in total. The van der Waals surface area contributed by atoms with Crippen LogP contribution in [0.3, 0.4) is 0 Å². The number of aryl methyl sites for hydroxylation is 1. The number of aliphatic hydroxyl groups excluding tert-OH is 1. The first-order chi connectivity index (χ1) is 16.6. The zero-order valence-corrected chi connectivity index (χ0v) is 19.9. The molecular weight excluding hydrogens is 426 g/mol. The number of methoxy groups -OCH3 is 3. The van der Waals surface area contributed by atoms with Crippen LogP contribution in [-0.2, 0) is 20.1 Å². The number of pyridine rings is 1. The minimum atomic E-state index is -0.0746. The summed E-state index contributed by atoms with van der Waals surface area (Å²) >= 11 is 0. The zero-order chi connectivity index (χ0) is 23.8. The normalized spacial score (nSPS) is 11.3. The molecule has 1 aromatic heterocycles. The van der Waals surface area contributed by atoms with E-state index in [-0.39, 0.29) is 6.61 Å². The average Bonchev–Trinajstić information content (AvgIpc) is 2.87. The highest BCUT2D eigenvalue weighted by molar-refractivity contribution is 6.16. The van der Waals surface area contributed by atoms with Crippen molar-refractivity contribution in [1.29, 1.82) is 0 Å². The number of nitrogens with zero attached hydrogens (tertiary/aromatic N) is 1. The molecule has 0 aliphatic rings. The van der Waals surface area contributed by atoms with Crippen molar-refractivity contribution in [3.63, 3.8) is 0 Å². The first-order valence-electron chi connectivity index (χ1n) is 11.2. The van der Waals surface area contributed by atoms with Gasteiger partial charge in [0.15, 0.2) is 17.7 Å². The molecule has 5 heteroatoms. The van der Waals surface area contributed by atoms with Crippen molar-refractivity contribution in [3.8, 4) is 17.2 Å². The Kier molecular flexibility index (Phi) is 5.72. The Labute approximate surface area is 198 Å². The van der Waals surface area contributed by atoms with Crippen LogP contribution in [0.25, 0.3) is 32.4 Å². The summed E-state index contributed by atoms with van der Waals surface area (Å²) in [7, 11) is 7.02. The Bertz CT molecular complexity index is 1530. The van der Waals surface area contributed by atoms with Crippen molar-refractivity contribution >= 4 is 32.4 Å². The molecule has 5 rings (SSSR count). The maximum absolute atomic E-state index is 9.84. The molecule has 5 nitrogen and oxygen atoms in total. The topological polar surface area (TPSA) is 51.8 Å². The lowest BCUT2D eigenvalue weighted by atomic mass is 9.92. The fraction of sp³-hybridized carbons (Fsp3) is 0.207. The van der Waals surface area contributed by atoms with Gasteiger partial charge in [-0.3, -0.25) is 0 Å². The van der Waals surface area contributed by atoms with Crippen molar-refractivity contribution in [2.24, 2.45) is 7.05 Å². The SMILES string of the molecule is COc1cc2c(Cc3ccccc3)cc3c4ccc(CO)c(OC)c4c[n+](C)c3c2cc1OC. The third-order valence-corrected chi connectivity index (χ3v) is 6.55. The summed E-state index contributed by atoms with van der Waals surface area (Å²) in [6.45, 7) is -0.0746. The van der Waals surface area contributed by atoms with Gasteiger partial charge in [0.25, 0.3) is 0 Å². The summed E-state index contributed by atoms with van der Waals surface area (Å²) in [5, 5.41) is 15.2. The van der Waals surface area contributed by atoms with E-state index in [4.69, 9.17) is 14.2 Å². The Morgan fingerprint density at radius 1 is 0.706 bits per heavy atom. The van der Waals surface area contributed by atoms with E-state index in [0.717, 1.165) is 44.4 Å². The lowest BCUT2D eigenvalue weighted by Crippen LogP contribution is -2.29. The van der Waals surface area contributed by atoms with E-state index >= 15 is 0 Å². The standard InChI is InChI=1S/C29H28NO4/c1-30-16-25-21(11-10-19(17-31)29(25)34-4)23-13-20(12-18-8-6-5-7-9-18)22-14-26(32-2)27(33-3)15-24(22)28(23)30/h5-11,13-16,31H,12,17H2,1-4H3/q+1. The van der Waals surface area contributed by atoms with E-state index in [0.29, 0.717) is 17.2 Å². The van der Waals surface area contributed by atoms with Crippen molar-refractivity contribution in [1.82, 2.24) is 0 Å². The average molecular weight is 455 g/mol. The van der Waals surface area contributed by atoms with Gasteiger partial charge in [0.05, 0.1) is 44.1 Å². The van der Waals surface area contributed by atoms with E-state index < -0.39 is 0 Å². The van der Waals surface area contributed by atoms with Gasteiger partial charge in [-0.25, -0.2) is 0 Å². The van der Waals surface area contributed by atoms with Crippen LogP contribution in [0.5, 0.6) is 17.2 Å². The van der Waals surface area contributed by atoms with Crippen LogP contribution in [0.15, 0.2) is 66.9 Å². The lowest BCUT2D eigenvalue weighted by Gasteiger charge is -2.16. The molecule has 0 unspecified atom stereocenters. The summed E-state index contributed by atoms with van der Waals surface area (Å²) in [6.07, 6.45) is 2.86. The molecule has 5 aromatic rings. The summed E-state index contributed by atoms with van der Waals surface area (Å²) in [6, 6.07) is 20.9. The molecule has 0 bridgehead atoms. The van der Waals surface area contributed by atoms with Gasteiger partial charge in [-0.2, -0.15) is 4.57 Å². The van der Waals surface area contributed by atoms with Gasteiger partial charge in [0.2, 0.25) is 5.52 Å². The summed E-state index contributed by atoms with van der Waals surface area (Å²) < 4.78 is 19.2. The minimum Gasteiger partial charge on any atom is -0.495 e. The van der Waals surface area contributed by atoms with Gasteiger partial charge < -0.3 is 19.3 Å². The number of aliphatic hydroxyl groups is 1. The predicted octanol–water partition coefficient (Wildman–Crippen LogP) is 5.08. The second-order valence-corrected chi connectivity index (χ2v) is 8.46. The maximum atomic E-state index is 9.84. The zero-order valence-electron chi connectivity index (χ0n) is 19.9. The molecule has 34 heavy (non-hydrogen) atoms. The molecule has 0 fully saturated rings. The van der Waals surface area contributed by atoms with Crippen LogP contribution in [-0.4, -0.2) is 26.4 Å². The van der Waals surface area contributed by atoms with Crippen molar-refractivity contribution < 1.29 is 23.9 Å². The van der Waals surface area contributed by atoms with Crippen LogP contribution in [0.1, 0.15) is 16.7 Å². The molecule has 0 aliphatic carbocycles. The van der Waals surface area contributed by atoms with E-state index in [9.17, 15) is 5.11 Å². The Morgan fingerprint density at radius 2 is 1.38 bits per heavy atom. The van der Waals surface area contributed by atoms with Crippen LogP contribution < -0.4 is 18.8 Å². The maximum Gasteiger partial charge on any atom is 0.220 e. The van der Waals surface area contributed by atoms with Gasteiger partial charge in [-0.05, 0) is 41.1 Å². The van der Waals surface area contributed by atoms with Crippen LogP contribution in [0.4, 0.5) is 0 Å². The number of benzene rings is 4. The van der Waals surface area contributed by atoms with Gasteiger partial charge in [-0.15, -0.1) is 0 Å². The highest BCUT2D eigenvalue weighted by Crippen LogP contribution is 2.40. The second-order valence-electron chi connectivity index (χ2n) is 8.46. The van der Waals surface area contributed by atoms with Gasteiger partial charge in [-0.1, -0.05) is 42.5 Å². The fourth-order valence-electron chi connectivity index (χ4n) is 4.98. The molecule has 4 aromatic carbocycles. The first kappa shape index (κ1) is 22.0. The Balaban J connectivity index is 1.94. The molecule has 172 valence electrons. The van der Waals surface area contributed by atoms with E-state index in [1.54, 1.807) is 21.3 Å². The van der Waals surface area contributed by atoms with Gasteiger partial charge in [0.1, 0.15) is 12.8 Å². The van der Waals surface area contributed by atoms with E-state index in [2.05, 4.69) is 59.3 Å². The summed E-state index contributed by atoms with van der Waals surface area (Å²) in [5.41, 5.74) is 4.31. The van der Waals surface area contributed by atoms with Crippen molar-refractivity contribution in [3.05, 3.63) is 83.6 Å². The molecule has 0 atom stereocenters. The van der Waals surface area contributed by atoms with Crippen molar-refractivity contribution in [2.45, 2.75) is 13.0 Å². The number of hydrogen-bond donors (Lipinski definition) is 1. The minimum absolute atomic E-state index is 0.0746.